The van der Waals surface area contributed by atoms with Crippen LogP contribution in [0.15, 0.2) is 30.3 Å². The van der Waals surface area contributed by atoms with Gasteiger partial charge in [0.1, 0.15) is 0 Å². The molecule has 0 radical (unpaired) electrons. The summed E-state index contributed by atoms with van der Waals surface area (Å²) in [6.45, 7) is 38.2. The first-order valence-electron chi connectivity index (χ1n) is 13.8. The lowest BCUT2D eigenvalue weighted by atomic mass is 9.64. The predicted octanol–water partition coefficient (Wildman–Crippen LogP) is 10.5. The first kappa shape index (κ1) is 29.7. The zero-order valence-corrected chi connectivity index (χ0v) is 26.2. The van der Waals surface area contributed by atoms with E-state index in [0.717, 1.165) is 6.42 Å². The molecular formula is C35H56. The topological polar surface area (TPSA) is 0 Å². The van der Waals surface area contributed by atoms with Crippen LogP contribution in [0.25, 0.3) is 0 Å². The zero-order chi connectivity index (χ0) is 27.4. The van der Waals surface area contributed by atoms with Gasteiger partial charge in [-0.1, -0.05) is 141 Å². The van der Waals surface area contributed by atoms with Gasteiger partial charge in [-0.2, -0.15) is 0 Å². The summed E-state index contributed by atoms with van der Waals surface area (Å²) in [5.41, 5.74) is 11.1. The van der Waals surface area contributed by atoms with Crippen LogP contribution >= 0.6 is 0 Å². The summed E-state index contributed by atoms with van der Waals surface area (Å²) < 4.78 is 0. The Hall–Kier alpha value is -1.56. The third-order valence-corrected chi connectivity index (χ3v) is 7.38. The van der Waals surface area contributed by atoms with Gasteiger partial charge in [0.15, 0.2) is 0 Å². The fraction of sp³-hybridized carbons (Fsp3) is 0.657. The van der Waals surface area contributed by atoms with Gasteiger partial charge in [-0.3, -0.25) is 0 Å². The highest BCUT2D eigenvalue weighted by Crippen LogP contribution is 2.47. The van der Waals surface area contributed by atoms with E-state index in [0.29, 0.717) is 5.92 Å². The van der Waals surface area contributed by atoms with E-state index >= 15 is 0 Å². The minimum absolute atomic E-state index is 0.0708. The lowest BCUT2D eigenvalue weighted by Gasteiger charge is -2.41. The Labute approximate surface area is 219 Å². The maximum atomic E-state index is 2.58. The van der Waals surface area contributed by atoms with Gasteiger partial charge >= 0.3 is 0 Å². The Morgan fingerprint density at radius 3 is 1.31 bits per heavy atom. The Morgan fingerprint density at radius 1 is 0.543 bits per heavy atom. The fourth-order valence-electron chi connectivity index (χ4n) is 5.58. The van der Waals surface area contributed by atoms with Gasteiger partial charge in [0.05, 0.1) is 0 Å². The monoisotopic (exact) mass is 476 g/mol. The normalized spacial score (nSPS) is 14.9. The van der Waals surface area contributed by atoms with E-state index < -0.39 is 0 Å². The third kappa shape index (κ3) is 6.81. The molecule has 0 saturated heterocycles. The van der Waals surface area contributed by atoms with Crippen molar-refractivity contribution < 1.29 is 0 Å². The van der Waals surface area contributed by atoms with E-state index in [-0.39, 0.29) is 27.1 Å². The van der Waals surface area contributed by atoms with Crippen molar-refractivity contribution in [2.24, 2.45) is 0 Å². The van der Waals surface area contributed by atoms with Gasteiger partial charge < -0.3 is 0 Å². The molecule has 0 aliphatic carbocycles. The predicted molar refractivity (Wildman–Crippen MR) is 159 cm³/mol. The second kappa shape index (κ2) is 9.39. The van der Waals surface area contributed by atoms with E-state index in [1.807, 2.05) is 0 Å². The van der Waals surface area contributed by atoms with E-state index in [9.17, 15) is 0 Å². The summed E-state index contributed by atoms with van der Waals surface area (Å²) in [4.78, 5) is 0. The van der Waals surface area contributed by atoms with Gasteiger partial charge in [-0.15, -0.1) is 0 Å². The molecule has 0 fully saturated rings. The number of benzene rings is 2. The second-order valence-corrected chi connectivity index (χ2v) is 16.2. The molecule has 0 aromatic heterocycles. The maximum absolute atomic E-state index is 2.58. The summed E-state index contributed by atoms with van der Waals surface area (Å²) >= 11 is 0. The second-order valence-electron chi connectivity index (χ2n) is 16.2. The molecular weight excluding hydrogens is 420 g/mol. The van der Waals surface area contributed by atoms with Crippen molar-refractivity contribution in [2.45, 2.75) is 150 Å². The summed E-state index contributed by atoms with van der Waals surface area (Å²) in [7, 11) is 0. The van der Waals surface area contributed by atoms with Crippen LogP contribution in [0.2, 0.25) is 0 Å². The molecule has 0 aliphatic heterocycles. The van der Waals surface area contributed by atoms with Gasteiger partial charge in [0.2, 0.25) is 0 Å². The summed E-state index contributed by atoms with van der Waals surface area (Å²) in [5, 5.41) is 0. The molecule has 196 valence electrons. The van der Waals surface area contributed by atoms with Crippen LogP contribution in [0, 0.1) is 0 Å². The van der Waals surface area contributed by atoms with Crippen molar-refractivity contribution >= 4 is 0 Å². The SMILES string of the molecule is CC(Cc1c(C(C)(C)C)c(C(C)(C)C)cc(C(C)(C)C)c1C(C)(C)C)c1cccc(C(C)(C)C)c1. The molecule has 35 heavy (non-hydrogen) atoms. The number of rotatable bonds is 3. The molecule has 0 amide bonds. The van der Waals surface area contributed by atoms with Gasteiger partial charge in [0.25, 0.3) is 0 Å². The van der Waals surface area contributed by atoms with Crippen LogP contribution in [-0.2, 0) is 33.5 Å². The summed E-state index contributed by atoms with van der Waals surface area (Å²) in [6, 6.07) is 11.9. The van der Waals surface area contributed by atoms with Crippen LogP contribution in [-0.4, -0.2) is 0 Å². The van der Waals surface area contributed by atoms with Crippen molar-refractivity contribution in [3.63, 3.8) is 0 Å². The van der Waals surface area contributed by atoms with Gasteiger partial charge in [-0.25, -0.2) is 0 Å². The number of hydrogen-bond acceptors (Lipinski definition) is 0. The highest BCUT2D eigenvalue weighted by Gasteiger charge is 2.36. The molecule has 0 N–H and O–H groups in total. The molecule has 1 unspecified atom stereocenters. The number of hydrogen-bond donors (Lipinski definition) is 0. The first-order valence-corrected chi connectivity index (χ1v) is 13.8. The molecule has 2 aromatic carbocycles. The Bertz CT molecular complexity index is 978. The van der Waals surface area contributed by atoms with Crippen LogP contribution < -0.4 is 0 Å². The van der Waals surface area contributed by atoms with Crippen LogP contribution in [0.4, 0.5) is 0 Å². The van der Waals surface area contributed by atoms with Gasteiger partial charge in [-0.05, 0) is 78.4 Å². The highest BCUT2D eigenvalue weighted by atomic mass is 14.4. The highest BCUT2D eigenvalue weighted by molar-refractivity contribution is 5.56. The Balaban J connectivity index is 2.96. The van der Waals surface area contributed by atoms with E-state index in [1.54, 1.807) is 16.7 Å². The van der Waals surface area contributed by atoms with Crippen molar-refractivity contribution in [1.29, 1.82) is 0 Å². The standard InChI is InChI=1S/C35H56/c1-23(24-18-17-19-25(21-24)31(2,3)4)20-26-29(34(11,12)13)27(32(5,6)7)22-28(33(8,9)10)30(26)35(14,15)16/h17-19,21-23H,20H2,1-16H3. The van der Waals surface area contributed by atoms with E-state index in [2.05, 4.69) is 141 Å². The first-order chi connectivity index (χ1) is 15.5. The smallest absolute Gasteiger partial charge is 0.0126 e. The van der Waals surface area contributed by atoms with E-state index in [1.165, 1.54) is 22.3 Å². The minimum atomic E-state index is 0.0708. The molecule has 2 rings (SSSR count). The quantitative estimate of drug-likeness (QED) is 0.413. The van der Waals surface area contributed by atoms with E-state index in [4.69, 9.17) is 0 Å². The largest absolute Gasteiger partial charge is 0.0617 e. The molecule has 0 spiro atoms. The van der Waals surface area contributed by atoms with Crippen molar-refractivity contribution in [2.75, 3.05) is 0 Å². The third-order valence-electron chi connectivity index (χ3n) is 7.38. The summed E-state index contributed by atoms with van der Waals surface area (Å²) in [6.07, 6.45) is 1.07. The maximum Gasteiger partial charge on any atom is -0.0126 e. The Kier molecular flexibility index (Phi) is 7.96. The van der Waals surface area contributed by atoms with Crippen LogP contribution in [0.5, 0.6) is 0 Å². The van der Waals surface area contributed by atoms with Crippen LogP contribution in [0.3, 0.4) is 0 Å². The molecule has 0 saturated carbocycles. The molecule has 0 bridgehead atoms. The average Bonchev–Trinajstić information content (AvgIpc) is 2.63. The van der Waals surface area contributed by atoms with Crippen LogP contribution in [0.1, 0.15) is 156 Å². The molecule has 0 heteroatoms. The molecule has 0 heterocycles. The molecule has 0 nitrogen and oxygen atoms in total. The zero-order valence-electron chi connectivity index (χ0n) is 26.2. The molecule has 1 atom stereocenters. The summed E-state index contributed by atoms with van der Waals surface area (Å²) in [5.74, 6) is 0.447. The Morgan fingerprint density at radius 2 is 0.971 bits per heavy atom. The lowest BCUT2D eigenvalue weighted by Crippen LogP contribution is -2.32. The minimum Gasteiger partial charge on any atom is -0.0617 e. The van der Waals surface area contributed by atoms with Crippen molar-refractivity contribution in [3.8, 4) is 0 Å². The molecule has 2 aromatic rings. The fourth-order valence-corrected chi connectivity index (χ4v) is 5.58. The average molecular weight is 477 g/mol. The van der Waals surface area contributed by atoms with Crippen molar-refractivity contribution in [3.05, 3.63) is 69.3 Å². The van der Waals surface area contributed by atoms with Gasteiger partial charge in [0, 0.05) is 0 Å². The van der Waals surface area contributed by atoms with Crippen molar-refractivity contribution in [1.82, 2.24) is 0 Å². The molecule has 0 aliphatic rings. The lowest BCUT2D eigenvalue weighted by molar-refractivity contribution is 0.488.